The van der Waals surface area contributed by atoms with Crippen LogP contribution in [0, 0.1) is 0 Å². The first-order chi connectivity index (χ1) is 8.53. The standard InChI is InChI=1S/C15H22O3/c1-6-12(16)7-11-8-15(18-5)13(10(2)3)9-14(11)17-4/h8-10H,6-7H2,1-5H3. The van der Waals surface area contributed by atoms with Crippen molar-refractivity contribution >= 4 is 5.78 Å². The van der Waals surface area contributed by atoms with E-state index in [1.54, 1.807) is 14.2 Å². The number of benzene rings is 1. The SMILES string of the molecule is CCC(=O)Cc1cc(OC)c(C(C)C)cc1OC. The smallest absolute Gasteiger partial charge is 0.137 e. The summed E-state index contributed by atoms with van der Waals surface area (Å²) >= 11 is 0. The fourth-order valence-electron chi connectivity index (χ4n) is 1.91. The van der Waals surface area contributed by atoms with Crippen molar-refractivity contribution in [1.82, 2.24) is 0 Å². The lowest BCUT2D eigenvalue weighted by Gasteiger charge is -2.16. The number of ether oxygens (including phenoxy) is 2. The molecule has 18 heavy (non-hydrogen) atoms. The summed E-state index contributed by atoms with van der Waals surface area (Å²) < 4.78 is 10.8. The van der Waals surface area contributed by atoms with Crippen LogP contribution in [0.1, 0.15) is 44.2 Å². The Hall–Kier alpha value is -1.51. The van der Waals surface area contributed by atoms with E-state index in [1.165, 1.54) is 0 Å². The molecule has 0 aliphatic carbocycles. The van der Waals surface area contributed by atoms with E-state index in [4.69, 9.17) is 9.47 Å². The van der Waals surface area contributed by atoms with Crippen molar-refractivity contribution in [3.8, 4) is 11.5 Å². The highest BCUT2D eigenvalue weighted by atomic mass is 16.5. The minimum absolute atomic E-state index is 0.202. The molecule has 0 amide bonds. The van der Waals surface area contributed by atoms with Gasteiger partial charge in [0.05, 0.1) is 14.2 Å². The highest BCUT2D eigenvalue weighted by Gasteiger charge is 2.15. The van der Waals surface area contributed by atoms with Crippen molar-refractivity contribution in [3.05, 3.63) is 23.3 Å². The minimum Gasteiger partial charge on any atom is -0.496 e. The van der Waals surface area contributed by atoms with Gasteiger partial charge in [-0.05, 0) is 18.1 Å². The Morgan fingerprint density at radius 2 is 1.78 bits per heavy atom. The normalized spacial score (nSPS) is 10.6. The van der Waals surface area contributed by atoms with Gasteiger partial charge in [-0.2, -0.15) is 0 Å². The Labute approximate surface area is 109 Å². The molecule has 0 aliphatic rings. The summed E-state index contributed by atoms with van der Waals surface area (Å²) in [5.41, 5.74) is 1.99. The Balaban J connectivity index is 3.21. The second-order valence-electron chi connectivity index (χ2n) is 4.63. The number of hydrogen-bond acceptors (Lipinski definition) is 3. The second-order valence-corrected chi connectivity index (χ2v) is 4.63. The van der Waals surface area contributed by atoms with Crippen LogP contribution in [-0.4, -0.2) is 20.0 Å². The monoisotopic (exact) mass is 250 g/mol. The van der Waals surface area contributed by atoms with Crippen LogP contribution in [0.3, 0.4) is 0 Å². The van der Waals surface area contributed by atoms with Gasteiger partial charge in [0.15, 0.2) is 0 Å². The Morgan fingerprint density at radius 1 is 1.17 bits per heavy atom. The van der Waals surface area contributed by atoms with E-state index in [0.29, 0.717) is 18.8 Å². The van der Waals surface area contributed by atoms with Gasteiger partial charge in [-0.25, -0.2) is 0 Å². The number of carbonyl (C=O) groups excluding carboxylic acids is 1. The van der Waals surface area contributed by atoms with E-state index in [2.05, 4.69) is 13.8 Å². The molecule has 0 aliphatic heterocycles. The maximum Gasteiger partial charge on any atom is 0.137 e. The molecule has 0 radical (unpaired) electrons. The van der Waals surface area contributed by atoms with Crippen LogP contribution >= 0.6 is 0 Å². The molecule has 0 unspecified atom stereocenters. The summed E-state index contributed by atoms with van der Waals surface area (Å²) in [6.45, 7) is 6.08. The topological polar surface area (TPSA) is 35.5 Å². The van der Waals surface area contributed by atoms with E-state index in [-0.39, 0.29) is 5.78 Å². The molecule has 0 atom stereocenters. The number of hydrogen-bond donors (Lipinski definition) is 0. The van der Waals surface area contributed by atoms with E-state index >= 15 is 0 Å². The van der Waals surface area contributed by atoms with Crippen LogP contribution in [0.2, 0.25) is 0 Å². The molecule has 100 valence electrons. The van der Waals surface area contributed by atoms with E-state index in [1.807, 2.05) is 19.1 Å². The molecule has 0 aromatic heterocycles. The first-order valence-electron chi connectivity index (χ1n) is 6.29. The molecule has 0 saturated heterocycles. The fourth-order valence-corrected chi connectivity index (χ4v) is 1.91. The molecule has 0 N–H and O–H groups in total. The molecule has 0 fully saturated rings. The third-order valence-electron chi connectivity index (χ3n) is 3.04. The first-order valence-corrected chi connectivity index (χ1v) is 6.29. The molecule has 0 bridgehead atoms. The molecular formula is C15H22O3. The average molecular weight is 250 g/mol. The average Bonchev–Trinajstić information content (AvgIpc) is 2.37. The third-order valence-corrected chi connectivity index (χ3v) is 3.04. The maximum atomic E-state index is 11.6. The number of methoxy groups -OCH3 is 2. The predicted octanol–water partition coefficient (Wildman–Crippen LogP) is 3.35. The highest BCUT2D eigenvalue weighted by molar-refractivity contribution is 5.81. The van der Waals surface area contributed by atoms with Gasteiger partial charge in [0.1, 0.15) is 17.3 Å². The molecule has 1 aromatic carbocycles. The summed E-state index contributed by atoms with van der Waals surface area (Å²) in [7, 11) is 3.28. The van der Waals surface area contributed by atoms with Crippen LogP contribution in [0.15, 0.2) is 12.1 Å². The lowest BCUT2D eigenvalue weighted by molar-refractivity contribution is -0.118. The predicted molar refractivity (Wildman–Crippen MR) is 72.6 cm³/mol. The van der Waals surface area contributed by atoms with E-state index in [9.17, 15) is 4.79 Å². The number of Topliss-reactive ketones (excluding diaryl/α,β-unsaturated/α-hetero) is 1. The van der Waals surface area contributed by atoms with E-state index < -0.39 is 0 Å². The lowest BCUT2D eigenvalue weighted by Crippen LogP contribution is -2.05. The molecule has 3 nitrogen and oxygen atoms in total. The van der Waals surface area contributed by atoms with Crippen LogP contribution in [-0.2, 0) is 11.2 Å². The van der Waals surface area contributed by atoms with Crippen LogP contribution in [0.25, 0.3) is 0 Å². The van der Waals surface area contributed by atoms with Gasteiger partial charge >= 0.3 is 0 Å². The molecule has 3 heteroatoms. The Kier molecular flexibility index (Phi) is 5.20. The van der Waals surface area contributed by atoms with Crippen molar-refractivity contribution < 1.29 is 14.3 Å². The van der Waals surface area contributed by atoms with Crippen molar-refractivity contribution in [2.45, 2.75) is 39.5 Å². The molecule has 0 saturated carbocycles. The summed E-state index contributed by atoms with van der Waals surface area (Å²) in [6.07, 6.45) is 0.936. The summed E-state index contributed by atoms with van der Waals surface area (Å²) in [5.74, 6) is 2.14. The fraction of sp³-hybridized carbons (Fsp3) is 0.533. The van der Waals surface area contributed by atoms with Gasteiger partial charge in [-0.3, -0.25) is 4.79 Å². The maximum absolute atomic E-state index is 11.6. The third kappa shape index (κ3) is 3.25. The quantitative estimate of drug-likeness (QED) is 0.776. The molecule has 0 spiro atoms. The lowest BCUT2D eigenvalue weighted by atomic mass is 9.97. The number of rotatable bonds is 6. The van der Waals surface area contributed by atoms with Crippen molar-refractivity contribution in [1.29, 1.82) is 0 Å². The van der Waals surface area contributed by atoms with Gasteiger partial charge in [-0.15, -0.1) is 0 Å². The summed E-state index contributed by atoms with van der Waals surface area (Å²) in [4.78, 5) is 11.6. The zero-order chi connectivity index (χ0) is 13.7. The summed E-state index contributed by atoms with van der Waals surface area (Å²) in [5, 5.41) is 0. The van der Waals surface area contributed by atoms with Gasteiger partial charge in [0.25, 0.3) is 0 Å². The molecule has 0 heterocycles. The van der Waals surface area contributed by atoms with Gasteiger partial charge in [0.2, 0.25) is 0 Å². The van der Waals surface area contributed by atoms with Gasteiger partial charge in [-0.1, -0.05) is 20.8 Å². The summed E-state index contributed by atoms with van der Waals surface area (Å²) in [6, 6.07) is 3.89. The molecular weight excluding hydrogens is 228 g/mol. The Morgan fingerprint density at radius 3 is 2.22 bits per heavy atom. The zero-order valence-corrected chi connectivity index (χ0v) is 11.9. The van der Waals surface area contributed by atoms with E-state index in [0.717, 1.165) is 22.6 Å². The van der Waals surface area contributed by atoms with Crippen molar-refractivity contribution in [3.63, 3.8) is 0 Å². The van der Waals surface area contributed by atoms with Crippen LogP contribution in [0.5, 0.6) is 11.5 Å². The van der Waals surface area contributed by atoms with Crippen molar-refractivity contribution in [2.75, 3.05) is 14.2 Å². The first kappa shape index (κ1) is 14.6. The minimum atomic E-state index is 0.202. The highest BCUT2D eigenvalue weighted by Crippen LogP contribution is 2.33. The van der Waals surface area contributed by atoms with Crippen LogP contribution < -0.4 is 9.47 Å². The molecule has 1 rings (SSSR count). The largest absolute Gasteiger partial charge is 0.496 e. The number of carbonyl (C=O) groups is 1. The van der Waals surface area contributed by atoms with Gasteiger partial charge in [0, 0.05) is 24.0 Å². The molecule has 1 aromatic rings. The Bertz CT molecular complexity index is 422. The van der Waals surface area contributed by atoms with Crippen molar-refractivity contribution in [2.24, 2.45) is 0 Å². The second kappa shape index (κ2) is 6.43. The van der Waals surface area contributed by atoms with Crippen LogP contribution in [0.4, 0.5) is 0 Å². The number of ketones is 1. The van der Waals surface area contributed by atoms with Gasteiger partial charge < -0.3 is 9.47 Å². The zero-order valence-electron chi connectivity index (χ0n) is 11.9.